The highest BCUT2D eigenvalue weighted by molar-refractivity contribution is 6.43. The second-order valence-corrected chi connectivity index (χ2v) is 7.33. The second-order valence-electron chi connectivity index (χ2n) is 7.33. The minimum absolute atomic E-state index is 0.0509. The highest BCUT2D eigenvalue weighted by Gasteiger charge is 2.57. The lowest BCUT2D eigenvalue weighted by atomic mass is 9.55. The van der Waals surface area contributed by atoms with Crippen molar-refractivity contribution in [1.82, 2.24) is 0 Å². The topological polar surface area (TPSA) is 69.9 Å². The van der Waals surface area contributed by atoms with Gasteiger partial charge in [0.05, 0.1) is 0 Å². The number of aryl methyl sites for hydroxylation is 1. The normalized spacial score (nSPS) is 38.5. The van der Waals surface area contributed by atoms with Crippen LogP contribution in [-0.2, 0) is 11.2 Å². The van der Waals surface area contributed by atoms with Gasteiger partial charge in [-0.2, -0.15) is 0 Å². The predicted octanol–water partition coefficient (Wildman–Crippen LogP) is 3.26. The summed E-state index contributed by atoms with van der Waals surface area (Å²) in [5.41, 5.74) is 2.62. The van der Waals surface area contributed by atoms with Gasteiger partial charge in [-0.15, -0.1) is 0 Å². The molecule has 0 amide bonds. The van der Waals surface area contributed by atoms with Crippen LogP contribution in [0.15, 0.2) is 23.4 Å². The third kappa shape index (κ3) is 1.70. The molecule has 3 aliphatic carbocycles. The standard InChI is InChI=1S/C18H21NO3/c1-18-7-6-13-12-5-3-11(20)8-10(12)2-4-14(13)15(18)9-16(19-22)17(18)21/h3,5,8,13-15,20,22H,2,4,6-7,9H2,1H3/b19-16+/t13-,14+,15+,18+/m1/s1. The third-order valence-corrected chi connectivity index (χ3v) is 6.41. The van der Waals surface area contributed by atoms with Crippen molar-refractivity contribution in [1.29, 1.82) is 0 Å². The molecule has 2 saturated carbocycles. The zero-order valence-corrected chi connectivity index (χ0v) is 12.7. The van der Waals surface area contributed by atoms with Gasteiger partial charge in [0.25, 0.3) is 0 Å². The average molecular weight is 299 g/mol. The van der Waals surface area contributed by atoms with Crippen LogP contribution in [-0.4, -0.2) is 21.8 Å². The quantitative estimate of drug-likeness (QED) is 0.570. The highest BCUT2D eigenvalue weighted by atomic mass is 16.4. The van der Waals surface area contributed by atoms with E-state index >= 15 is 0 Å². The van der Waals surface area contributed by atoms with Crippen molar-refractivity contribution in [3.63, 3.8) is 0 Å². The number of hydrogen-bond acceptors (Lipinski definition) is 4. The summed E-state index contributed by atoms with van der Waals surface area (Å²) in [7, 11) is 0. The number of Topliss-reactive ketones (excluding diaryl/α,β-unsaturated/α-hetero) is 1. The molecule has 0 unspecified atom stereocenters. The second kappa shape index (κ2) is 4.58. The number of carbonyl (C=O) groups is 1. The van der Waals surface area contributed by atoms with E-state index in [4.69, 9.17) is 5.21 Å². The van der Waals surface area contributed by atoms with Gasteiger partial charge in [0, 0.05) is 11.8 Å². The highest BCUT2D eigenvalue weighted by Crippen LogP contribution is 2.59. The lowest BCUT2D eigenvalue weighted by Crippen LogP contribution is -2.42. The van der Waals surface area contributed by atoms with Gasteiger partial charge in [-0.25, -0.2) is 0 Å². The molecule has 116 valence electrons. The van der Waals surface area contributed by atoms with Crippen LogP contribution in [0.5, 0.6) is 5.75 Å². The summed E-state index contributed by atoms with van der Waals surface area (Å²) in [4.78, 5) is 12.5. The summed E-state index contributed by atoms with van der Waals surface area (Å²) in [6, 6.07) is 5.72. The van der Waals surface area contributed by atoms with Crippen molar-refractivity contribution >= 4 is 11.5 Å². The van der Waals surface area contributed by atoms with Crippen LogP contribution >= 0.6 is 0 Å². The van der Waals surface area contributed by atoms with E-state index in [1.54, 1.807) is 6.07 Å². The molecule has 2 fully saturated rings. The Morgan fingerprint density at radius 2 is 2.14 bits per heavy atom. The van der Waals surface area contributed by atoms with E-state index in [0.717, 1.165) is 25.7 Å². The molecule has 1 aromatic carbocycles. The molecule has 22 heavy (non-hydrogen) atoms. The Kier molecular flexibility index (Phi) is 2.87. The van der Waals surface area contributed by atoms with Gasteiger partial charge in [0.1, 0.15) is 11.5 Å². The van der Waals surface area contributed by atoms with Crippen molar-refractivity contribution < 1.29 is 15.1 Å². The van der Waals surface area contributed by atoms with E-state index in [-0.39, 0.29) is 17.1 Å². The maximum absolute atomic E-state index is 12.5. The van der Waals surface area contributed by atoms with Crippen molar-refractivity contribution in [2.24, 2.45) is 22.4 Å². The molecule has 3 aliphatic rings. The van der Waals surface area contributed by atoms with Crippen molar-refractivity contribution in [3.8, 4) is 5.75 Å². The smallest absolute Gasteiger partial charge is 0.186 e. The van der Waals surface area contributed by atoms with E-state index in [0.29, 0.717) is 29.7 Å². The lowest BCUT2D eigenvalue weighted by molar-refractivity contribution is -0.125. The Morgan fingerprint density at radius 3 is 2.91 bits per heavy atom. The van der Waals surface area contributed by atoms with Gasteiger partial charge in [0.2, 0.25) is 0 Å². The van der Waals surface area contributed by atoms with E-state index in [9.17, 15) is 9.90 Å². The molecule has 0 spiro atoms. The van der Waals surface area contributed by atoms with Gasteiger partial charge in [-0.3, -0.25) is 4.79 Å². The maximum Gasteiger partial charge on any atom is 0.186 e. The monoisotopic (exact) mass is 299 g/mol. The number of ketones is 1. The number of fused-ring (bicyclic) bond motifs is 5. The fourth-order valence-corrected chi connectivity index (χ4v) is 5.26. The van der Waals surface area contributed by atoms with E-state index in [1.807, 2.05) is 6.07 Å². The molecule has 0 heterocycles. The van der Waals surface area contributed by atoms with Crippen molar-refractivity contribution in [2.45, 2.75) is 44.9 Å². The van der Waals surface area contributed by atoms with Gasteiger partial charge in [-0.1, -0.05) is 18.1 Å². The minimum atomic E-state index is -0.350. The molecule has 4 heteroatoms. The molecule has 0 bridgehead atoms. The first kappa shape index (κ1) is 13.8. The molecule has 0 aliphatic heterocycles. The number of carbonyl (C=O) groups excluding carboxylic acids is 1. The predicted molar refractivity (Wildman–Crippen MR) is 82.3 cm³/mol. The largest absolute Gasteiger partial charge is 0.508 e. The number of oxime groups is 1. The van der Waals surface area contributed by atoms with Gasteiger partial charge < -0.3 is 10.3 Å². The van der Waals surface area contributed by atoms with Crippen LogP contribution in [0.1, 0.15) is 49.7 Å². The van der Waals surface area contributed by atoms with Crippen LogP contribution in [0.4, 0.5) is 0 Å². The first-order valence-electron chi connectivity index (χ1n) is 8.12. The summed E-state index contributed by atoms with van der Waals surface area (Å²) in [5.74, 6) is 1.61. The molecule has 0 aromatic heterocycles. The zero-order valence-electron chi connectivity index (χ0n) is 12.7. The Balaban J connectivity index is 1.74. The fourth-order valence-electron chi connectivity index (χ4n) is 5.26. The number of rotatable bonds is 0. The van der Waals surface area contributed by atoms with Crippen LogP contribution < -0.4 is 0 Å². The molecule has 1 aromatic rings. The first-order valence-corrected chi connectivity index (χ1v) is 8.12. The zero-order chi connectivity index (χ0) is 15.5. The Labute approximate surface area is 129 Å². The van der Waals surface area contributed by atoms with Crippen molar-refractivity contribution in [3.05, 3.63) is 29.3 Å². The lowest BCUT2D eigenvalue weighted by Gasteiger charge is -2.47. The molecule has 4 nitrogen and oxygen atoms in total. The number of phenols is 1. The fraction of sp³-hybridized carbons (Fsp3) is 0.556. The summed E-state index contributed by atoms with van der Waals surface area (Å²) in [5, 5.41) is 22.1. The molecular weight excluding hydrogens is 278 g/mol. The molecule has 4 atom stereocenters. The Bertz CT molecular complexity index is 681. The molecule has 4 rings (SSSR count). The summed E-state index contributed by atoms with van der Waals surface area (Å²) >= 11 is 0. The van der Waals surface area contributed by atoms with Gasteiger partial charge in [0.15, 0.2) is 5.78 Å². The van der Waals surface area contributed by atoms with Gasteiger partial charge >= 0.3 is 0 Å². The van der Waals surface area contributed by atoms with Gasteiger partial charge in [-0.05, 0) is 66.7 Å². The van der Waals surface area contributed by atoms with Crippen LogP contribution in [0, 0.1) is 17.3 Å². The van der Waals surface area contributed by atoms with E-state index in [1.165, 1.54) is 11.1 Å². The summed E-state index contributed by atoms with van der Waals surface area (Å²) < 4.78 is 0. The SMILES string of the molecule is C[C@]12CC[C@@H]3c4ccc(O)cc4CC[C@@H]3[C@@H]1C/C(=N\O)C2=O. The molecule has 0 radical (unpaired) electrons. The Morgan fingerprint density at radius 1 is 1.32 bits per heavy atom. The molecular formula is C18H21NO3. The van der Waals surface area contributed by atoms with Crippen LogP contribution in [0.2, 0.25) is 0 Å². The number of benzene rings is 1. The van der Waals surface area contributed by atoms with E-state index < -0.39 is 0 Å². The van der Waals surface area contributed by atoms with Crippen molar-refractivity contribution in [2.75, 3.05) is 0 Å². The Hall–Kier alpha value is -1.84. The molecule has 0 saturated heterocycles. The average Bonchev–Trinajstić information content (AvgIpc) is 2.78. The van der Waals surface area contributed by atoms with Crippen LogP contribution in [0.25, 0.3) is 0 Å². The first-order chi connectivity index (χ1) is 10.5. The number of hydrogen-bond donors (Lipinski definition) is 2. The minimum Gasteiger partial charge on any atom is -0.508 e. The number of aromatic hydroxyl groups is 1. The number of phenolic OH excluding ortho intramolecular Hbond substituents is 1. The van der Waals surface area contributed by atoms with E-state index in [2.05, 4.69) is 18.1 Å². The maximum atomic E-state index is 12.5. The number of nitrogens with zero attached hydrogens (tertiary/aromatic N) is 1. The van der Waals surface area contributed by atoms with Crippen LogP contribution in [0.3, 0.4) is 0 Å². The third-order valence-electron chi connectivity index (χ3n) is 6.41. The summed E-state index contributed by atoms with van der Waals surface area (Å²) in [6.07, 6.45) is 4.47. The molecule has 2 N–H and O–H groups in total. The summed E-state index contributed by atoms with van der Waals surface area (Å²) in [6.45, 7) is 2.06.